The molecule has 2 aromatic rings. The van der Waals surface area contributed by atoms with Crippen LogP contribution < -0.4 is 15.0 Å². The molecule has 0 aliphatic carbocycles. The maximum absolute atomic E-state index is 12.8. The van der Waals surface area contributed by atoms with Gasteiger partial charge in [-0.15, -0.1) is 0 Å². The van der Waals surface area contributed by atoms with E-state index < -0.39 is 23.4 Å². The van der Waals surface area contributed by atoms with Crippen molar-refractivity contribution in [3.63, 3.8) is 0 Å². The molecule has 0 bridgehead atoms. The molecule has 1 aromatic carbocycles. The smallest absolute Gasteiger partial charge is 0.350 e. The summed E-state index contributed by atoms with van der Waals surface area (Å²) in [6.07, 6.45) is 0. The maximum Gasteiger partial charge on any atom is 0.350 e. The second kappa shape index (κ2) is 6.66. The Labute approximate surface area is 160 Å². The number of hydrogen-bond acceptors (Lipinski definition) is 7. The molecule has 2 amide bonds. The third-order valence-electron chi connectivity index (χ3n) is 4.32. The van der Waals surface area contributed by atoms with Crippen molar-refractivity contribution in [1.29, 1.82) is 0 Å². The van der Waals surface area contributed by atoms with Gasteiger partial charge in [-0.1, -0.05) is 17.4 Å². The summed E-state index contributed by atoms with van der Waals surface area (Å²) in [5.74, 6) is -1.27. The second-order valence-electron chi connectivity index (χ2n) is 6.35. The quantitative estimate of drug-likeness (QED) is 0.639. The van der Waals surface area contributed by atoms with Crippen LogP contribution in [-0.4, -0.2) is 42.5 Å². The highest BCUT2D eigenvalue weighted by molar-refractivity contribution is 7.17. The molecular weight excluding hydrogens is 370 g/mol. The average molecular weight is 389 g/mol. The molecule has 3 rings (SSSR count). The molecule has 1 unspecified atom stereocenters. The van der Waals surface area contributed by atoms with Crippen molar-refractivity contribution in [2.45, 2.75) is 26.4 Å². The van der Waals surface area contributed by atoms with Crippen LogP contribution in [0.1, 0.15) is 27.9 Å². The number of methoxy groups -OCH3 is 1. The largest absolute Gasteiger partial charge is 0.465 e. The first kappa shape index (κ1) is 18.8. The predicted molar refractivity (Wildman–Crippen MR) is 100 cm³/mol. The number of carbonyl (C=O) groups is 3. The van der Waals surface area contributed by atoms with Gasteiger partial charge in [-0.05, 0) is 38.5 Å². The van der Waals surface area contributed by atoms with Crippen LogP contribution in [0.2, 0.25) is 0 Å². The van der Waals surface area contributed by atoms with Crippen molar-refractivity contribution >= 4 is 39.9 Å². The molecule has 9 heteroatoms. The molecule has 0 radical (unpaired) electrons. The average Bonchev–Trinajstić information content (AvgIpc) is 3.00. The molecule has 2 heterocycles. The lowest BCUT2D eigenvalue weighted by molar-refractivity contribution is -0.144. The second-order valence-corrected chi connectivity index (χ2v) is 7.35. The number of fused-ring (bicyclic) bond motifs is 1. The van der Waals surface area contributed by atoms with E-state index in [0.717, 1.165) is 16.9 Å². The molecule has 1 aliphatic rings. The van der Waals surface area contributed by atoms with Crippen molar-refractivity contribution in [2.24, 2.45) is 0 Å². The van der Waals surface area contributed by atoms with E-state index in [1.165, 1.54) is 18.9 Å². The Kier molecular flexibility index (Phi) is 4.64. The fourth-order valence-corrected chi connectivity index (χ4v) is 3.64. The van der Waals surface area contributed by atoms with Gasteiger partial charge in [0.1, 0.15) is 10.6 Å². The zero-order valence-electron chi connectivity index (χ0n) is 15.6. The van der Waals surface area contributed by atoms with E-state index in [1.807, 2.05) is 19.1 Å². The number of benzene rings is 1. The van der Waals surface area contributed by atoms with Gasteiger partial charge in [-0.25, -0.2) is 9.78 Å². The lowest BCUT2D eigenvalue weighted by atomic mass is 10.00. The fraction of sp³-hybridized carbons (Fsp3) is 0.333. The first-order valence-corrected chi connectivity index (χ1v) is 8.94. The number of aryl methyl sites for hydroxylation is 2. The van der Waals surface area contributed by atoms with Crippen molar-refractivity contribution < 1.29 is 23.9 Å². The lowest BCUT2D eigenvalue weighted by Gasteiger charge is -2.37. The SMILES string of the molecule is COC(=O)c1sc(NC(=O)C2(C)Oc3ccc(C)cc3N(C)C2=O)nc1C. The normalized spacial score (nSPS) is 18.6. The first-order chi connectivity index (χ1) is 12.7. The van der Waals surface area contributed by atoms with Gasteiger partial charge >= 0.3 is 5.97 Å². The van der Waals surface area contributed by atoms with Gasteiger partial charge in [0.15, 0.2) is 5.13 Å². The monoisotopic (exact) mass is 389 g/mol. The van der Waals surface area contributed by atoms with Crippen LogP contribution in [0.4, 0.5) is 10.8 Å². The highest BCUT2D eigenvalue weighted by Crippen LogP contribution is 2.38. The molecule has 0 saturated heterocycles. The third-order valence-corrected chi connectivity index (χ3v) is 5.38. The van der Waals surface area contributed by atoms with Crippen LogP contribution in [-0.2, 0) is 14.3 Å². The molecule has 1 aromatic heterocycles. The number of amides is 2. The van der Waals surface area contributed by atoms with Gasteiger partial charge in [0.2, 0.25) is 0 Å². The van der Waals surface area contributed by atoms with Gasteiger partial charge in [-0.3, -0.25) is 14.9 Å². The van der Waals surface area contributed by atoms with E-state index in [0.29, 0.717) is 17.1 Å². The topological polar surface area (TPSA) is 97.8 Å². The molecule has 1 aliphatic heterocycles. The van der Waals surface area contributed by atoms with E-state index >= 15 is 0 Å². The number of rotatable bonds is 3. The van der Waals surface area contributed by atoms with Gasteiger partial charge in [0.25, 0.3) is 17.4 Å². The molecular formula is C18H19N3O5S. The van der Waals surface area contributed by atoms with Crippen LogP contribution >= 0.6 is 11.3 Å². The summed E-state index contributed by atoms with van der Waals surface area (Å²) >= 11 is 0.975. The molecule has 8 nitrogen and oxygen atoms in total. The van der Waals surface area contributed by atoms with Crippen LogP contribution in [0.15, 0.2) is 18.2 Å². The Balaban J connectivity index is 1.89. The summed E-state index contributed by atoms with van der Waals surface area (Å²) in [6, 6.07) is 5.38. The maximum atomic E-state index is 12.8. The van der Waals surface area contributed by atoms with Crippen molar-refractivity contribution in [3.8, 4) is 5.75 Å². The fourth-order valence-electron chi connectivity index (χ4n) is 2.76. The Morgan fingerprint density at radius 3 is 2.70 bits per heavy atom. The third kappa shape index (κ3) is 3.14. The number of likely N-dealkylation sites (N-methyl/N-ethyl adjacent to an activating group) is 1. The van der Waals surface area contributed by atoms with Crippen LogP contribution in [0.5, 0.6) is 5.75 Å². The van der Waals surface area contributed by atoms with Crippen molar-refractivity contribution in [3.05, 3.63) is 34.3 Å². The number of hydrogen-bond donors (Lipinski definition) is 1. The first-order valence-electron chi connectivity index (χ1n) is 8.12. The summed E-state index contributed by atoms with van der Waals surface area (Å²) in [5, 5.41) is 2.76. The van der Waals surface area contributed by atoms with Gasteiger partial charge in [-0.2, -0.15) is 0 Å². The standard InChI is InChI=1S/C18H19N3O5S/c1-9-6-7-12-11(8-9)21(4)16(24)18(3,26-12)15(23)20-17-19-10(2)13(27-17)14(22)25-5/h6-8H,1-5H3,(H,19,20,23). The summed E-state index contributed by atoms with van der Waals surface area (Å²) in [7, 11) is 2.86. The number of aromatic nitrogens is 1. The van der Waals surface area contributed by atoms with Gasteiger partial charge < -0.3 is 14.4 Å². The Morgan fingerprint density at radius 2 is 2.04 bits per heavy atom. The zero-order chi connectivity index (χ0) is 19.9. The number of ether oxygens (including phenoxy) is 2. The highest BCUT2D eigenvalue weighted by atomic mass is 32.1. The Morgan fingerprint density at radius 1 is 1.33 bits per heavy atom. The number of thiazole rings is 1. The molecule has 1 N–H and O–H groups in total. The molecule has 0 spiro atoms. The number of nitrogens with one attached hydrogen (secondary N) is 1. The van der Waals surface area contributed by atoms with Crippen LogP contribution in [0.3, 0.4) is 0 Å². The molecule has 1 atom stereocenters. The summed E-state index contributed by atoms with van der Waals surface area (Å²) in [4.78, 5) is 43.2. The summed E-state index contributed by atoms with van der Waals surface area (Å²) in [6.45, 7) is 4.95. The number of anilines is 2. The van der Waals surface area contributed by atoms with Gasteiger partial charge in [0, 0.05) is 7.05 Å². The number of esters is 1. The Hall–Kier alpha value is -2.94. The van der Waals surface area contributed by atoms with E-state index in [1.54, 1.807) is 20.0 Å². The summed E-state index contributed by atoms with van der Waals surface area (Å²) < 4.78 is 10.5. The van der Waals surface area contributed by atoms with E-state index in [4.69, 9.17) is 4.74 Å². The number of nitrogens with zero attached hydrogens (tertiary/aromatic N) is 2. The minimum atomic E-state index is -1.76. The number of carbonyl (C=O) groups excluding carboxylic acids is 3. The van der Waals surface area contributed by atoms with E-state index in [2.05, 4.69) is 15.0 Å². The van der Waals surface area contributed by atoms with Crippen molar-refractivity contribution in [1.82, 2.24) is 4.98 Å². The highest BCUT2D eigenvalue weighted by Gasteiger charge is 2.50. The molecule has 0 fully saturated rings. The Bertz CT molecular complexity index is 954. The molecule has 0 saturated carbocycles. The minimum Gasteiger partial charge on any atom is -0.465 e. The minimum absolute atomic E-state index is 0.188. The molecule has 142 valence electrons. The van der Waals surface area contributed by atoms with Crippen molar-refractivity contribution in [2.75, 3.05) is 24.4 Å². The van der Waals surface area contributed by atoms with Crippen LogP contribution in [0.25, 0.3) is 0 Å². The predicted octanol–water partition coefficient (Wildman–Crippen LogP) is 2.30. The lowest BCUT2D eigenvalue weighted by Crippen LogP contribution is -2.59. The van der Waals surface area contributed by atoms with Crippen LogP contribution in [0, 0.1) is 13.8 Å². The van der Waals surface area contributed by atoms with Gasteiger partial charge in [0.05, 0.1) is 18.5 Å². The zero-order valence-corrected chi connectivity index (χ0v) is 16.4. The summed E-state index contributed by atoms with van der Waals surface area (Å²) in [5.41, 5.74) is 0.241. The van der Waals surface area contributed by atoms with E-state index in [9.17, 15) is 14.4 Å². The molecule has 27 heavy (non-hydrogen) atoms. The van der Waals surface area contributed by atoms with E-state index in [-0.39, 0.29) is 10.0 Å².